The van der Waals surface area contributed by atoms with Gasteiger partial charge in [-0.3, -0.25) is 0 Å². The first-order chi connectivity index (χ1) is 3.48. The molecule has 4 heteroatoms. The van der Waals surface area contributed by atoms with E-state index in [-0.39, 0.29) is 0 Å². The van der Waals surface area contributed by atoms with Gasteiger partial charge in [0.2, 0.25) is 0 Å². The number of hydrogen-bond acceptors (Lipinski definition) is 2. The second kappa shape index (κ2) is 2.77. The average Bonchev–Trinajstić information content (AvgIpc) is 1.62. The normalized spacial score (nSPS) is 16.1. The fraction of sp³-hybridized carbons (Fsp3) is 1.00. The molecule has 0 spiro atoms. The molecule has 3 N–H and O–H groups in total. The van der Waals surface area contributed by atoms with Crippen molar-refractivity contribution in [1.29, 1.82) is 0 Å². The molecule has 0 radical (unpaired) electrons. The first-order valence-corrected chi connectivity index (χ1v) is 9.56. The largest absolute Gasteiger partial charge is 0.352 e. The van der Waals surface area contributed by atoms with Crippen LogP contribution in [0.15, 0.2) is 0 Å². The molecule has 0 amide bonds. The van der Waals surface area contributed by atoms with E-state index in [4.69, 9.17) is 5.40 Å². The molecule has 0 aliphatic carbocycles. The molecule has 0 bridgehead atoms. The lowest BCUT2D eigenvalue weighted by Gasteiger charge is -2.21. The van der Waals surface area contributed by atoms with Gasteiger partial charge in [-0.15, -0.1) is 0 Å². The molecule has 0 aromatic heterocycles. The molecule has 0 saturated carbocycles. The van der Waals surface area contributed by atoms with Crippen LogP contribution in [0.5, 0.6) is 0 Å². The maximum Gasteiger partial charge on any atom is 0.120 e. The van der Waals surface area contributed by atoms with Gasteiger partial charge in [-0.2, -0.15) is 0 Å². The van der Waals surface area contributed by atoms with Gasteiger partial charge in [-0.05, 0) is 7.05 Å². The van der Waals surface area contributed by atoms with Crippen molar-refractivity contribution in [3.63, 3.8) is 0 Å². The van der Waals surface area contributed by atoms with E-state index >= 15 is 0 Å². The SMILES string of the molecule is CN[SiH](C)[Si](C)(C)N. The maximum absolute atomic E-state index is 5.93. The van der Waals surface area contributed by atoms with Crippen molar-refractivity contribution in [3.05, 3.63) is 0 Å². The molecule has 0 fully saturated rings. The van der Waals surface area contributed by atoms with Crippen LogP contribution in [0.2, 0.25) is 19.6 Å². The molecule has 0 aromatic carbocycles. The highest BCUT2D eigenvalue weighted by Crippen LogP contribution is 1.93. The molecule has 0 saturated heterocycles. The van der Waals surface area contributed by atoms with Gasteiger partial charge in [0.1, 0.15) is 16.2 Å². The molecule has 1 atom stereocenters. The molecule has 0 aromatic rings. The van der Waals surface area contributed by atoms with E-state index in [1.807, 2.05) is 7.05 Å². The first-order valence-electron chi connectivity index (χ1n) is 2.94. The fourth-order valence-electron chi connectivity index (χ4n) is 0.372. The Labute approximate surface area is 54.0 Å². The molecule has 50 valence electrons. The summed E-state index contributed by atoms with van der Waals surface area (Å²) in [7, 11) is 0.0766. The van der Waals surface area contributed by atoms with Crippen molar-refractivity contribution in [1.82, 2.24) is 4.98 Å². The van der Waals surface area contributed by atoms with Crippen molar-refractivity contribution >= 4 is 16.2 Å². The Kier molecular flexibility index (Phi) is 2.89. The molecule has 8 heavy (non-hydrogen) atoms. The number of rotatable bonds is 2. The van der Waals surface area contributed by atoms with E-state index in [1.54, 1.807) is 0 Å². The minimum Gasteiger partial charge on any atom is -0.352 e. The van der Waals surface area contributed by atoms with Crippen molar-refractivity contribution in [2.45, 2.75) is 19.6 Å². The van der Waals surface area contributed by atoms with Crippen LogP contribution in [0.25, 0.3) is 0 Å². The van der Waals surface area contributed by atoms with Crippen LogP contribution in [-0.4, -0.2) is 23.3 Å². The second-order valence-corrected chi connectivity index (χ2v) is 15.6. The van der Waals surface area contributed by atoms with E-state index in [2.05, 4.69) is 24.6 Å². The van der Waals surface area contributed by atoms with Crippen LogP contribution in [0.4, 0.5) is 0 Å². The highest BCUT2D eigenvalue weighted by molar-refractivity contribution is 7.29. The van der Waals surface area contributed by atoms with Gasteiger partial charge in [0.25, 0.3) is 0 Å². The van der Waals surface area contributed by atoms with Gasteiger partial charge in [0, 0.05) is 0 Å². The van der Waals surface area contributed by atoms with E-state index in [0.717, 1.165) is 0 Å². The van der Waals surface area contributed by atoms with E-state index < -0.39 is 16.2 Å². The standard InChI is InChI=1S/C4H16N2Si2/c1-6-7(2)8(3,4)5/h6-7H,5H2,1-4H3. The zero-order valence-corrected chi connectivity index (χ0v) is 8.31. The summed E-state index contributed by atoms with van der Waals surface area (Å²) in [6.45, 7) is 6.69. The topological polar surface area (TPSA) is 38.0 Å². The predicted octanol–water partition coefficient (Wildman–Crippen LogP) is -0.198. The molecular weight excluding hydrogens is 132 g/mol. The van der Waals surface area contributed by atoms with Crippen molar-refractivity contribution < 1.29 is 0 Å². The van der Waals surface area contributed by atoms with E-state index in [1.165, 1.54) is 0 Å². The van der Waals surface area contributed by atoms with Gasteiger partial charge in [-0.25, -0.2) is 0 Å². The lowest BCUT2D eigenvalue weighted by Crippen LogP contribution is -2.59. The monoisotopic (exact) mass is 148 g/mol. The summed E-state index contributed by atoms with van der Waals surface area (Å²) in [5, 5.41) is 5.93. The Morgan fingerprint density at radius 2 is 1.88 bits per heavy atom. The second-order valence-electron chi connectivity index (χ2n) is 2.83. The summed E-state index contributed by atoms with van der Waals surface area (Å²) in [6, 6.07) is 0. The van der Waals surface area contributed by atoms with Gasteiger partial charge in [0.15, 0.2) is 0 Å². The van der Waals surface area contributed by atoms with Crippen LogP contribution in [-0.2, 0) is 0 Å². The first kappa shape index (κ1) is 8.35. The zero-order valence-electron chi connectivity index (χ0n) is 6.15. The fourth-order valence-corrected chi connectivity index (χ4v) is 3.35. The molecular formula is C4H16N2Si2. The Morgan fingerprint density at radius 3 is 1.88 bits per heavy atom. The third-order valence-electron chi connectivity index (χ3n) is 1.55. The van der Waals surface area contributed by atoms with Crippen molar-refractivity contribution in [3.8, 4) is 0 Å². The summed E-state index contributed by atoms with van der Waals surface area (Å²) < 4.78 is 0. The van der Waals surface area contributed by atoms with E-state index in [9.17, 15) is 0 Å². The molecule has 0 heterocycles. The van der Waals surface area contributed by atoms with Gasteiger partial charge in [-0.1, -0.05) is 19.6 Å². The van der Waals surface area contributed by atoms with Gasteiger partial charge < -0.3 is 10.4 Å². The van der Waals surface area contributed by atoms with Crippen LogP contribution in [0.1, 0.15) is 0 Å². The number of nitrogens with one attached hydrogen (secondary N) is 1. The smallest absolute Gasteiger partial charge is 0.120 e. The van der Waals surface area contributed by atoms with Crippen LogP contribution < -0.4 is 10.4 Å². The Bertz CT molecular complexity index is 68.9. The minimum absolute atomic E-state index is 0.703. The Morgan fingerprint density at radius 1 is 1.50 bits per heavy atom. The van der Waals surface area contributed by atoms with Gasteiger partial charge >= 0.3 is 0 Å². The highest BCUT2D eigenvalue weighted by atomic mass is 29.2. The van der Waals surface area contributed by atoms with E-state index in [0.29, 0.717) is 0 Å². The average molecular weight is 148 g/mol. The van der Waals surface area contributed by atoms with Crippen LogP contribution in [0.3, 0.4) is 0 Å². The van der Waals surface area contributed by atoms with Crippen LogP contribution in [0, 0.1) is 0 Å². The number of hydrogen-bond donors (Lipinski definition) is 2. The lowest BCUT2D eigenvalue weighted by molar-refractivity contribution is 1.22. The number of nitrogens with two attached hydrogens (primary N) is 1. The highest BCUT2D eigenvalue weighted by Gasteiger charge is 2.22. The van der Waals surface area contributed by atoms with Crippen LogP contribution >= 0.6 is 0 Å². The quantitative estimate of drug-likeness (QED) is 0.532. The predicted molar refractivity (Wildman–Crippen MR) is 43.7 cm³/mol. The molecule has 0 aliphatic rings. The zero-order chi connectivity index (χ0) is 6.78. The third-order valence-corrected chi connectivity index (χ3v) is 12.2. The molecule has 2 nitrogen and oxygen atoms in total. The summed E-state index contributed by atoms with van der Waals surface area (Å²) in [5.41, 5.74) is 0. The third kappa shape index (κ3) is 2.61. The lowest BCUT2D eigenvalue weighted by atomic mass is 11.6. The molecule has 0 rings (SSSR count). The summed E-state index contributed by atoms with van der Waals surface area (Å²) >= 11 is 0. The van der Waals surface area contributed by atoms with Crippen molar-refractivity contribution in [2.75, 3.05) is 7.05 Å². The van der Waals surface area contributed by atoms with Gasteiger partial charge in [0.05, 0.1) is 0 Å². The molecule has 0 aliphatic heterocycles. The van der Waals surface area contributed by atoms with Crippen molar-refractivity contribution in [2.24, 2.45) is 5.40 Å². The Hall–Kier alpha value is 0.354. The summed E-state index contributed by atoms with van der Waals surface area (Å²) in [6.07, 6.45) is 0. The minimum atomic E-state index is -1.23. The molecule has 1 unspecified atom stereocenters. The summed E-state index contributed by atoms with van der Waals surface area (Å²) in [5.74, 6) is 0. The Balaban J connectivity index is 3.62. The maximum atomic E-state index is 5.93. The summed E-state index contributed by atoms with van der Waals surface area (Å²) in [4.78, 5) is 3.28.